The summed E-state index contributed by atoms with van der Waals surface area (Å²) in [4.78, 5) is 14.6. The van der Waals surface area contributed by atoms with Crippen LogP contribution in [0.25, 0.3) is 0 Å². The molecule has 0 bridgehead atoms. The smallest absolute Gasteiger partial charge is 0.338 e. The number of carbonyl (C=O) groups is 1. The van der Waals surface area contributed by atoms with Gasteiger partial charge in [0.1, 0.15) is 10.3 Å². The molecule has 1 aromatic rings. The first-order valence-corrected chi connectivity index (χ1v) is 4.94. The van der Waals surface area contributed by atoms with Crippen LogP contribution in [0.4, 0.5) is 0 Å². The molecule has 14 heavy (non-hydrogen) atoms. The number of halogens is 2. The van der Waals surface area contributed by atoms with Crippen molar-refractivity contribution in [2.75, 3.05) is 0 Å². The maximum Gasteiger partial charge on any atom is 0.338 e. The Morgan fingerprint density at radius 3 is 2.57 bits per heavy atom. The highest BCUT2D eigenvalue weighted by Gasteiger charge is 2.28. The van der Waals surface area contributed by atoms with Crippen LogP contribution >= 0.6 is 23.2 Å². The summed E-state index contributed by atoms with van der Waals surface area (Å²) in [6.45, 7) is 0. The predicted octanol–water partition coefficient (Wildman–Crippen LogP) is 2.96. The van der Waals surface area contributed by atoms with Crippen LogP contribution in [-0.4, -0.2) is 16.1 Å². The SMILES string of the molecule is O=C(O)c1cc(C2CC2)c(Cl)nc1Cl. The van der Waals surface area contributed by atoms with Crippen LogP contribution in [-0.2, 0) is 0 Å². The molecule has 1 aliphatic carbocycles. The number of aromatic nitrogens is 1. The number of nitrogens with zero attached hydrogens (tertiary/aromatic N) is 1. The van der Waals surface area contributed by atoms with Crippen molar-refractivity contribution in [1.82, 2.24) is 4.98 Å². The van der Waals surface area contributed by atoms with Gasteiger partial charge in [0.2, 0.25) is 0 Å². The van der Waals surface area contributed by atoms with Crippen LogP contribution in [0.1, 0.15) is 34.7 Å². The standard InChI is InChI=1S/C9H7Cl2NO2/c10-7-5(4-1-2-4)3-6(9(13)14)8(11)12-7/h3-4H,1-2H2,(H,13,14). The molecule has 0 radical (unpaired) electrons. The van der Waals surface area contributed by atoms with E-state index in [0.29, 0.717) is 11.1 Å². The fraction of sp³-hybridized carbons (Fsp3) is 0.333. The highest BCUT2D eigenvalue weighted by Crippen LogP contribution is 2.43. The van der Waals surface area contributed by atoms with Gasteiger partial charge in [0.05, 0.1) is 5.56 Å². The van der Waals surface area contributed by atoms with E-state index in [9.17, 15) is 4.79 Å². The van der Waals surface area contributed by atoms with Crippen molar-refractivity contribution < 1.29 is 9.90 Å². The Hall–Kier alpha value is -0.800. The fourth-order valence-corrected chi connectivity index (χ4v) is 1.87. The summed E-state index contributed by atoms with van der Waals surface area (Å²) in [5.74, 6) is -0.702. The van der Waals surface area contributed by atoms with E-state index in [1.165, 1.54) is 6.07 Å². The van der Waals surface area contributed by atoms with E-state index in [-0.39, 0.29) is 10.7 Å². The van der Waals surface area contributed by atoms with Gasteiger partial charge in [-0.05, 0) is 30.4 Å². The molecule has 0 aromatic carbocycles. The molecule has 1 aromatic heterocycles. The second-order valence-corrected chi connectivity index (χ2v) is 4.00. The number of hydrogen-bond donors (Lipinski definition) is 1. The van der Waals surface area contributed by atoms with Crippen molar-refractivity contribution >= 4 is 29.2 Å². The van der Waals surface area contributed by atoms with Crippen molar-refractivity contribution in [2.45, 2.75) is 18.8 Å². The third kappa shape index (κ3) is 1.70. The monoisotopic (exact) mass is 231 g/mol. The summed E-state index contributed by atoms with van der Waals surface area (Å²) in [6.07, 6.45) is 2.09. The Balaban J connectivity index is 2.51. The molecule has 0 saturated heterocycles. The summed E-state index contributed by atoms with van der Waals surface area (Å²) >= 11 is 11.5. The first-order chi connectivity index (χ1) is 6.59. The fourth-order valence-electron chi connectivity index (χ4n) is 1.32. The summed E-state index contributed by atoms with van der Waals surface area (Å²) in [5, 5.41) is 9.09. The van der Waals surface area contributed by atoms with Gasteiger partial charge in [-0.15, -0.1) is 0 Å². The number of carboxylic acids is 1. The lowest BCUT2D eigenvalue weighted by Crippen LogP contribution is -2.01. The third-order valence-corrected chi connectivity index (χ3v) is 2.80. The summed E-state index contributed by atoms with van der Waals surface area (Å²) < 4.78 is 0. The second kappa shape index (κ2) is 3.41. The van der Waals surface area contributed by atoms with Gasteiger partial charge < -0.3 is 5.11 Å². The van der Waals surface area contributed by atoms with Crippen LogP contribution in [0.2, 0.25) is 10.3 Å². The largest absolute Gasteiger partial charge is 0.478 e. The Kier molecular flexibility index (Phi) is 2.37. The Bertz CT molecular complexity index is 402. The molecule has 1 N–H and O–H groups in total. The molecular formula is C9H7Cl2NO2. The predicted molar refractivity (Wildman–Crippen MR) is 53.2 cm³/mol. The zero-order chi connectivity index (χ0) is 10.3. The highest BCUT2D eigenvalue weighted by atomic mass is 35.5. The lowest BCUT2D eigenvalue weighted by molar-refractivity contribution is 0.0696. The van der Waals surface area contributed by atoms with Gasteiger partial charge >= 0.3 is 5.97 Å². The van der Waals surface area contributed by atoms with Crippen LogP contribution in [0.3, 0.4) is 0 Å². The van der Waals surface area contributed by atoms with Gasteiger partial charge in [-0.1, -0.05) is 23.2 Å². The lowest BCUT2D eigenvalue weighted by Gasteiger charge is -2.04. The summed E-state index contributed by atoms with van der Waals surface area (Å²) in [6, 6.07) is 1.53. The minimum absolute atomic E-state index is 0.0259. The molecule has 1 saturated carbocycles. The van der Waals surface area contributed by atoms with Crippen LogP contribution in [0.5, 0.6) is 0 Å². The van der Waals surface area contributed by atoms with Gasteiger partial charge in [-0.2, -0.15) is 0 Å². The zero-order valence-corrected chi connectivity index (χ0v) is 8.64. The number of hydrogen-bond acceptors (Lipinski definition) is 2. The van der Waals surface area contributed by atoms with E-state index in [1.807, 2.05) is 0 Å². The molecule has 3 nitrogen and oxygen atoms in total. The van der Waals surface area contributed by atoms with E-state index in [1.54, 1.807) is 0 Å². The van der Waals surface area contributed by atoms with Crippen LogP contribution in [0, 0.1) is 0 Å². The van der Waals surface area contributed by atoms with Crippen LogP contribution in [0.15, 0.2) is 6.07 Å². The molecule has 0 amide bonds. The molecule has 74 valence electrons. The van der Waals surface area contributed by atoms with Crippen molar-refractivity contribution in [3.63, 3.8) is 0 Å². The maximum atomic E-state index is 10.8. The normalized spacial score (nSPS) is 15.6. The quantitative estimate of drug-likeness (QED) is 0.797. The van der Waals surface area contributed by atoms with Gasteiger partial charge in [0.25, 0.3) is 0 Å². The van der Waals surface area contributed by atoms with Gasteiger partial charge in [0, 0.05) is 0 Å². The second-order valence-electron chi connectivity index (χ2n) is 3.29. The average molecular weight is 232 g/mol. The van der Waals surface area contributed by atoms with E-state index >= 15 is 0 Å². The minimum atomic E-state index is -1.07. The molecule has 1 aliphatic rings. The Labute approximate surface area is 90.7 Å². The Morgan fingerprint density at radius 1 is 1.43 bits per heavy atom. The molecule has 1 heterocycles. The van der Waals surface area contributed by atoms with Gasteiger partial charge in [0.15, 0.2) is 0 Å². The lowest BCUT2D eigenvalue weighted by atomic mass is 10.1. The van der Waals surface area contributed by atoms with Crippen molar-refractivity contribution in [1.29, 1.82) is 0 Å². The van der Waals surface area contributed by atoms with Crippen molar-refractivity contribution in [3.05, 3.63) is 27.5 Å². The summed E-state index contributed by atoms with van der Waals surface area (Å²) in [5.41, 5.74) is 0.825. The molecule has 5 heteroatoms. The van der Waals surface area contributed by atoms with E-state index in [4.69, 9.17) is 28.3 Å². The molecule has 1 fully saturated rings. The molecule has 0 unspecified atom stereocenters. The zero-order valence-electron chi connectivity index (χ0n) is 7.13. The van der Waals surface area contributed by atoms with Crippen LogP contribution < -0.4 is 0 Å². The topological polar surface area (TPSA) is 50.2 Å². The van der Waals surface area contributed by atoms with Crippen molar-refractivity contribution in [2.24, 2.45) is 0 Å². The summed E-state index contributed by atoms with van der Waals surface area (Å²) in [7, 11) is 0. The average Bonchev–Trinajstić information content (AvgIpc) is 2.86. The number of carboxylic acid groups (broad SMARTS) is 1. The van der Waals surface area contributed by atoms with Gasteiger partial charge in [-0.3, -0.25) is 0 Å². The van der Waals surface area contributed by atoms with E-state index in [2.05, 4.69) is 4.98 Å². The molecule has 0 aliphatic heterocycles. The first kappa shape index (κ1) is 9.74. The molecular weight excluding hydrogens is 225 g/mol. The number of aromatic carboxylic acids is 1. The van der Waals surface area contributed by atoms with Gasteiger partial charge in [-0.25, -0.2) is 9.78 Å². The van der Waals surface area contributed by atoms with Crippen molar-refractivity contribution in [3.8, 4) is 0 Å². The Morgan fingerprint density at radius 2 is 2.07 bits per heavy atom. The minimum Gasteiger partial charge on any atom is -0.478 e. The van der Waals surface area contributed by atoms with E-state index in [0.717, 1.165) is 18.4 Å². The number of rotatable bonds is 2. The maximum absolute atomic E-state index is 10.8. The first-order valence-electron chi connectivity index (χ1n) is 4.19. The third-order valence-electron chi connectivity index (χ3n) is 2.20. The highest BCUT2D eigenvalue weighted by molar-refractivity contribution is 6.34. The molecule has 0 atom stereocenters. The van der Waals surface area contributed by atoms with E-state index < -0.39 is 5.97 Å². The molecule has 2 rings (SSSR count). The molecule has 0 spiro atoms. The number of pyridine rings is 1.